The first kappa shape index (κ1) is 24.4. The molecule has 4 rings (SSSR count). The molecule has 0 bridgehead atoms. The van der Waals surface area contributed by atoms with Gasteiger partial charge in [0, 0.05) is 24.0 Å². The van der Waals surface area contributed by atoms with Crippen LogP contribution in [0.4, 0.5) is 0 Å². The molecule has 0 aliphatic heterocycles. The fourth-order valence-corrected chi connectivity index (χ4v) is 4.43. The van der Waals surface area contributed by atoms with Crippen LogP contribution in [-0.4, -0.2) is 29.9 Å². The Morgan fingerprint density at radius 1 is 0.943 bits per heavy atom. The number of aryl methyl sites for hydroxylation is 1. The summed E-state index contributed by atoms with van der Waals surface area (Å²) in [6.07, 6.45) is 0. The van der Waals surface area contributed by atoms with E-state index in [4.69, 9.17) is 4.74 Å². The SMILES string of the molecule is Cc1ccc(C(C)C)c(OCc2nc(C(=O)NCCNC(=O)c3ccc4ccccc4c3)cs2)c1. The van der Waals surface area contributed by atoms with Gasteiger partial charge in [-0.05, 0) is 52.9 Å². The first-order valence-electron chi connectivity index (χ1n) is 11.6. The predicted molar refractivity (Wildman–Crippen MR) is 140 cm³/mol. The number of benzene rings is 3. The maximum Gasteiger partial charge on any atom is 0.270 e. The molecule has 1 aromatic heterocycles. The second kappa shape index (κ2) is 11.1. The third kappa shape index (κ3) is 6.25. The monoisotopic (exact) mass is 487 g/mol. The molecule has 0 aliphatic rings. The van der Waals surface area contributed by atoms with E-state index < -0.39 is 0 Å². The van der Waals surface area contributed by atoms with E-state index in [0.717, 1.165) is 32.7 Å². The number of nitrogens with zero attached hydrogens (tertiary/aromatic N) is 1. The second-order valence-corrected chi connectivity index (χ2v) is 9.63. The van der Waals surface area contributed by atoms with Crippen molar-refractivity contribution in [2.75, 3.05) is 13.1 Å². The van der Waals surface area contributed by atoms with Crippen molar-refractivity contribution in [1.29, 1.82) is 0 Å². The topological polar surface area (TPSA) is 80.3 Å². The van der Waals surface area contributed by atoms with Crippen LogP contribution in [0.1, 0.15) is 56.7 Å². The highest BCUT2D eigenvalue weighted by Crippen LogP contribution is 2.28. The number of carbonyl (C=O) groups excluding carboxylic acids is 2. The third-order valence-corrected chi connectivity index (χ3v) is 6.46. The van der Waals surface area contributed by atoms with E-state index in [9.17, 15) is 9.59 Å². The van der Waals surface area contributed by atoms with Gasteiger partial charge in [0.15, 0.2) is 0 Å². The molecular weight excluding hydrogens is 458 g/mol. The van der Waals surface area contributed by atoms with Crippen molar-refractivity contribution in [2.45, 2.75) is 33.3 Å². The van der Waals surface area contributed by atoms with Crippen LogP contribution < -0.4 is 15.4 Å². The largest absolute Gasteiger partial charge is 0.486 e. The smallest absolute Gasteiger partial charge is 0.270 e. The number of carbonyl (C=O) groups is 2. The Morgan fingerprint density at radius 2 is 1.69 bits per heavy atom. The van der Waals surface area contributed by atoms with Crippen molar-refractivity contribution in [1.82, 2.24) is 15.6 Å². The Bertz CT molecular complexity index is 1350. The summed E-state index contributed by atoms with van der Waals surface area (Å²) < 4.78 is 6.02. The first-order chi connectivity index (χ1) is 16.9. The molecule has 35 heavy (non-hydrogen) atoms. The third-order valence-electron chi connectivity index (χ3n) is 5.63. The molecule has 0 fully saturated rings. The number of fused-ring (bicyclic) bond motifs is 1. The van der Waals surface area contributed by atoms with Gasteiger partial charge in [0.25, 0.3) is 11.8 Å². The average molecular weight is 488 g/mol. The van der Waals surface area contributed by atoms with Crippen LogP contribution in [0.3, 0.4) is 0 Å². The van der Waals surface area contributed by atoms with Gasteiger partial charge in [0.1, 0.15) is 23.1 Å². The van der Waals surface area contributed by atoms with Gasteiger partial charge in [0.05, 0.1) is 0 Å². The van der Waals surface area contributed by atoms with Gasteiger partial charge in [-0.1, -0.05) is 56.3 Å². The Labute approximate surface area is 209 Å². The van der Waals surface area contributed by atoms with Gasteiger partial charge in [-0.2, -0.15) is 0 Å². The van der Waals surface area contributed by atoms with Crippen LogP contribution in [-0.2, 0) is 6.61 Å². The average Bonchev–Trinajstić information content (AvgIpc) is 3.34. The van der Waals surface area contributed by atoms with Crippen LogP contribution in [0.25, 0.3) is 10.8 Å². The number of thiazole rings is 1. The first-order valence-corrected chi connectivity index (χ1v) is 12.5. The summed E-state index contributed by atoms with van der Waals surface area (Å²) in [5.74, 6) is 0.759. The molecule has 0 unspecified atom stereocenters. The fourth-order valence-electron chi connectivity index (χ4n) is 3.74. The standard InChI is InChI=1S/C28H29N3O3S/c1-18(2)23-11-8-19(3)14-25(23)34-16-26-31-24(17-35-26)28(33)30-13-12-29-27(32)22-10-9-20-6-4-5-7-21(20)15-22/h4-11,14-15,17-18H,12-13,16H2,1-3H3,(H,29,32)(H,30,33). The van der Waals surface area contributed by atoms with Crippen LogP contribution in [0.2, 0.25) is 0 Å². The van der Waals surface area contributed by atoms with Gasteiger partial charge in [0.2, 0.25) is 0 Å². The summed E-state index contributed by atoms with van der Waals surface area (Å²) in [6.45, 7) is 7.24. The minimum absolute atomic E-state index is 0.171. The fraction of sp³-hybridized carbons (Fsp3) is 0.250. The predicted octanol–water partition coefficient (Wildman–Crippen LogP) is 5.47. The minimum atomic E-state index is -0.272. The molecule has 0 spiro atoms. The zero-order valence-corrected chi connectivity index (χ0v) is 20.9. The van der Waals surface area contributed by atoms with Gasteiger partial charge < -0.3 is 15.4 Å². The van der Waals surface area contributed by atoms with Crippen LogP contribution >= 0.6 is 11.3 Å². The minimum Gasteiger partial charge on any atom is -0.486 e. The summed E-state index contributed by atoms with van der Waals surface area (Å²) in [5.41, 5.74) is 3.23. The lowest BCUT2D eigenvalue weighted by Crippen LogP contribution is -2.34. The van der Waals surface area contributed by atoms with Crippen molar-refractivity contribution < 1.29 is 14.3 Å². The van der Waals surface area contributed by atoms with Gasteiger partial charge in [-0.15, -0.1) is 11.3 Å². The Balaban J connectivity index is 1.25. The normalized spacial score (nSPS) is 11.0. The van der Waals surface area contributed by atoms with E-state index in [1.54, 1.807) is 11.4 Å². The van der Waals surface area contributed by atoms with E-state index in [1.165, 1.54) is 11.3 Å². The number of hydrogen-bond acceptors (Lipinski definition) is 5. The van der Waals surface area contributed by atoms with E-state index in [1.807, 2.05) is 49.4 Å². The summed E-state index contributed by atoms with van der Waals surface area (Å²) >= 11 is 1.39. The lowest BCUT2D eigenvalue weighted by atomic mass is 10.0. The molecule has 2 N–H and O–H groups in total. The number of amides is 2. The molecule has 1 heterocycles. The molecule has 3 aromatic carbocycles. The zero-order chi connectivity index (χ0) is 24.8. The lowest BCUT2D eigenvalue weighted by molar-refractivity contribution is 0.0925. The quantitative estimate of drug-likeness (QED) is 0.307. The molecule has 0 saturated carbocycles. The van der Waals surface area contributed by atoms with Crippen LogP contribution in [0.5, 0.6) is 5.75 Å². The van der Waals surface area contributed by atoms with Crippen LogP contribution in [0, 0.1) is 6.92 Å². The molecule has 0 saturated heterocycles. The van der Waals surface area contributed by atoms with E-state index in [2.05, 4.69) is 41.6 Å². The maximum absolute atomic E-state index is 12.5. The van der Waals surface area contributed by atoms with Crippen molar-refractivity contribution >= 4 is 33.9 Å². The van der Waals surface area contributed by atoms with Gasteiger partial charge in [-0.25, -0.2) is 4.98 Å². The van der Waals surface area contributed by atoms with Gasteiger partial charge >= 0.3 is 0 Å². The van der Waals surface area contributed by atoms with E-state index in [0.29, 0.717) is 36.9 Å². The molecule has 0 atom stereocenters. The molecule has 4 aromatic rings. The van der Waals surface area contributed by atoms with Crippen molar-refractivity contribution in [3.63, 3.8) is 0 Å². The molecule has 180 valence electrons. The number of aromatic nitrogens is 1. The molecule has 2 amide bonds. The molecule has 6 nitrogen and oxygen atoms in total. The molecule has 7 heteroatoms. The maximum atomic E-state index is 12.5. The lowest BCUT2D eigenvalue weighted by Gasteiger charge is -2.14. The summed E-state index contributed by atoms with van der Waals surface area (Å²) in [5, 5.41) is 10.2. The number of ether oxygens (including phenoxy) is 1. The summed E-state index contributed by atoms with van der Waals surface area (Å²) in [6, 6.07) is 19.7. The van der Waals surface area contributed by atoms with E-state index in [-0.39, 0.29) is 11.8 Å². The van der Waals surface area contributed by atoms with Crippen molar-refractivity contribution in [3.8, 4) is 5.75 Å². The highest BCUT2D eigenvalue weighted by atomic mass is 32.1. The summed E-state index contributed by atoms with van der Waals surface area (Å²) in [4.78, 5) is 29.3. The second-order valence-electron chi connectivity index (χ2n) is 8.68. The van der Waals surface area contributed by atoms with Gasteiger partial charge in [-0.3, -0.25) is 9.59 Å². The highest BCUT2D eigenvalue weighted by Gasteiger charge is 2.13. The molecule has 0 radical (unpaired) electrons. The van der Waals surface area contributed by atoms with Crippen LogP contribution in [0.15, 0.2) is 66.0 Å². The number of hydrogen-bond donors (Lipinski definition) is 2. The zero-order valence-electron chi connectivity index (χ0n) is 20.1. The number of rotatable bonds is 9. The van der Waals surface area contributed by atoms with Crippen molar-refractivity contribution in [3.05, 3.63) is 93.4 Å². The van der Waals surface area contributed by atoms with Crippen molar-refractivity contribution in [2.24, 2.45) is 0 Å². The molecule has 0 aliphatic carbocycles. The Hall–Kier alpha value is -3.71. The van der Waals surface area contributed by atoms with E-state index >= 15 is 0 Å². The highest BCUT2D eigenvalue weighted by molar-refractivity contribution is 7.09. The number of nitrogens with one attached hydrogen (secondary N) is 2. The Kier molecular flexibility index (Phi) is 7.77. The summed E-state index contributed by atoms with van der Waals surface area (Å²) in [7, 11) is 0. The molecular formula is C28H29N3O3S. The Morgan fingerprint density at radius 3 is 2.46 bits per heavy atom.